The van der Waals surface area contributed by atoms with Crippen molar-refractivity contribution in [2.75, 3.05) is 31.6 Å². The molecule has 2 amide bonds. The summed E-state index contributed by atoms with van der Waals surface area (Å²) in [6, 6.07) is 21.1. The van der Waals surface area contributed by atoms with Gasteiger partial charge in [0.25, 0.3) is 5.91 Å². The Hall–Kier alpha value is -3.60. The van der Waals surface area contributed by atoms with Crippen LogP contribution in [0.5, 0.6) is 11.5 Å². The van der Waals surface area contributed by atoms with Crippen molar-refractivity contribution >= 4 is 39.1 Å². The standard InChI is InChI=1S/C29H30ClN3O6S/c1-38-25-12-11-22(30)17-27(25)40(36,37)32-15-13-21(14-16-32)29(35)33-19-26(39-24-10-6-5-9-23(24)33)28(34)31-18-20-7-3-2-4-8-20/h2-12,17,21,26H,13-16,18-19H2,1H3,(H,31,34)/t26-/m1/s1. The molecular weight excluding hydrogens is 554 g/mol. The van der Waals surface area contributed by atoms with Crippen LogP contribution in [-0.4, -0.2) is 57.4 Å². The molecular formula is C29H30ClN3O6S. The van der Waals surface area contributed by atoms with E-state index >= 15 is 0 Å². The number of halogens is 1. The van der Waals surface area contributed by atoms with Gasteiger partial charge in [-0.1, -0.05) is 54.1 Å². The van der Waals surface area contributed by atoms with E-state index in [2.05, 4.69) is 5.32 Å². The third kappa shape index (κ3) is 5.79. The van der Waals surface area contributed by atoms with Crippen LogP contribution in [0.4, 0.5) is 5.69 Å². The van der Waals surface area contributed by atoms with Gasteiger partial charge in [0.2, 0.25) is 15.9 Å². The first-order chi connectivity index (χ1) is 19.3. The highest BCUT2D eigenvalue weighted by Crippen LogP contribution is 2.36. The lowest BCUT2D eigenvalue weighted by Gasteiger charge is -2.38. The highest BCUT2D eigenvalue weighted by Gasteiger charge is 2.39. The molecule has 0 radical (unpaired) electrons. The molecule has 1 atom stereocenters. The van der Waals surface area contributed by atoms with Crippen LogP contribution in [0.2, 0.25) is 5.02 Å². The van der Waals surface area contributed by atoms with Crippen LogP contribution >= 0.6 is 11.6 Å². The largest absolute Gasteiger partial charge is 0.495 e. The molecule has 2 heterocycles. The summed E-state index contributed by atoms with van der Waals surface area (Å²) in [5.41, 5.74) is 1.55. The number of fused-ring (bicyclic) bond motifs is 1. The number of nitrogens with one attached hydrogen (secondary N) is 1. The Bertz CT molecular complexity index is 1490. The number of sulfonamides is 1. The molecule has 1 fully saturated rings. The molecule has 3 aromatic carbocycles. The van der Waals surface area contributed by atoms with Crippen LogP contribution in [0, 0.1) is 5.92 Å². The molecule has 0 bridgehead atoms. The fourth-order valence-electron chi connectivity index (χ4n) is 5.03. The molecule has 0 spiro atoms. The van der Waals surface area contributed by atoms with E-state index in [1.54, 1.807) is 29.2 Å². The second kappa shape index (κ2) is 11.9. The highest BCUT2D eigenvalue weighted by atomic mass is 35.5. The number of piperidine rings is 1. The summed E-state index contributed by atoms with van der Waals surface area (Å²) in [5, 5.41) is 3.18. The van der Waals surface area contributed by atoms with Gasteiger partial charge in [-0.3, -0.25) is 9.59 Å². The number of rotatable bonds is 7. The quantitative estimate of drug-likeness (QED) is 0.453. The first-order valence-electron chi connectivity index (χ1n) is 13.0. The van der Waals surface area contributed by atoms with E-state index in [1.807, 2.05) is 36.4 Å². The summed E-state index contributed by atoms with van der Waals surface area (Å²) in [5.74, 6) is -0.215. The lowest BCUT2D eigenvalue weighted by atomic mass is 9.95. The van der Waals surface area contributed by atoms with Gasteiger partial charge in [0.15, 0.2) is 6.10 Å². The first-order valence-corrected chi connectivity index (χ1v) is 14.8. The average Bonchev–Trinajstić information content (AvgIpc) is 2.99. The molecule has 0 aliphatic carbocycles. The van der Waals surface area contributed by atoms with Crippen LogP contribution in [-0.2, 0) is 26.2 Å². The van der Waals surface area contributed by atoms with Crippen molar-refractivity contribution in [3.63, 3.8) is 0 Å². The second-order valence-electron chi connectivity index (χ2n) is 9.70. The molecule has 2 aliphatic rings. The van der Waals surface area contributed by atoms with Gasteiger partial charge in [0.05, 0.1) is 19.3 Å². The lowest BCUT2D eigenvalue weighted by molar-refractivity contribution is -0.129. The van der Waals surface area contributed by atoms with Crippen LogP contribution < -0.4 is 19.7 Å². The van der Waals surface area contributed by atoms with E-state index in [4.69, 9.17) is 21.1 Å². The highest BCUT2D eigenvalue weighted by molar-refractivity contribution is 7.89. The Morgan fingerprint density at radius 3 is 2.45 bits per heavy atom. The number of benzene rings is 3. The van der Waals surface area contributed by atoms with Gasteiger partial charge in [-0.05, 0) is 48.7 Å². The Kier molecular flexibility index (Phi) is 8.30. The monoisotopic (exact) mass is 583 g/mol. The number of carbonyl (C=O) groups excluding carboxylic acids is 2. The van der Waals surface area contributed by atoms with E-state index in [0.717, 1.165) is 5.56 Å². The third-order valence-corrected chi connectivity index (χ3v) is 9.34. The zero-order chi connectivity index (χ0) is 28.3. The summed E-state index contributed by atoms with van der Waals surface area (Å²) >= 11 is 6.07. The SMILES string of the molecule is COc1ccc(Cl)cc1S(=O)(=O)N1CCC(C(=O)N2C[C@H](C(=O)NCc3ccccc3)Oc3ccccc32)CC1. The number of methoxy groups -OCH3 is 1. The minimum atomic E-state index is -3.87. The van der Waals surface area contributed by atoms with Crippen LogP contribution in [0.3, 0.4) is 0 Å². The van der Waals surface area contributed by atoms with Crippen molar-refractivity contribution in [2.24, 2.45) is 5.92 Å². The zero-order valence-corrected chi connectivity index (χ0v) is 23.5. The summed E-state index contributed by atoms with van der Waals surface area (Å²) in [6.07, 6.45) is -0.199. The van der Waals surface area contributed by atoms with Crippen molar-refractivity contribution < 1.29 is 27.5 Å². The number of hydrogen-bond donors (Lipinski definition) is 1. The van der Waals surface area contributed by atoms with E-state index in [1.165, 1.54) is 23.5 Å². The third-order valence-electron chi connectivity index (χ3n) is 7.19. The summed E-state index contributed by atoms with van der Waals surface area (Å²) in [6.45, 7) is 0.747. The predicted molar refractivity (Wildman–Crippen MR) is 151 cm³/mol. The Morgan fingerprint density at radius 1 is 1.02 bits per heavy atom. The Labute approximate surface area is 238 Å². The molecule has 9 nitrogen and oxygen atoms in total. The molecule has 3 aromatic rings. The van der Waals surface area contributed by atoms with Crippen LogP contribution in [0.25, 0.3) is 0 Å². The fraction of sp³-hybridized carbons (Fsp3) is 0.310. The lowest BCUT2D eigenvalue weighted by Crippen LogP contribution is -2.53. The number of anilines is 1. The maximum atomic E-state index is 13.8. The van der Waals surface area contributed by atoms with Gasteiger partial charge in [-0.2, -0.15) is 4.31 Å². The van der Waals surface area contributed by atoms with Crippen molar-refractivity contribution in [3.05, 3.63) is 83.4 Å². The molecule has 0 aromatic heterocycles. The zero-order valence-electron chi connectivity index (χ0n) is 22.0. The number of hydrogen-bond acceptors (Lipinski definition) is 6. The van der Waals surface area contributed by atoms with E-state index in [9.17, 15) is 18.0 Å². The summed E-state index contributed by atoms with van der Waals surface area (Å²) in [7, 11) is -2.47. The fourth-order valence-corrected chi connectivity index (χ4v) is 6.92. The maximum Gasteiger partial charge on any atom is 0.263 e. The minimum Gasteiger partial charge on any atom is -0.495 e. The van der Waals surface area contributed by atoms with Gasteiger partial charge in [-0.25, -0.2) is 8.42 Å². The number of amides is 2. The maximum absolute atomic E-state index is 13.8. The molecule has 0 saturated carbocycles. The number of nitrogens with zero attached hydrogens (tertiary/aromatic N) is 2. The van der Waals surface area contributed by atoms with Gasteiger partial charge in [-0.15, -0.1) is 0 Å². The van der Waals surface area contributed by atoms with Crippen molar-refractivity contribution in [2.45, 2.75) is 30.4 Å². The molecule has 0 unspecified atom stereocenters. The molecule has 210 valence electrons. The molecule has 40 heavy (non-hydrogen) atoms. The van der Waals surface area contributed by atoms with Gasteiger partial charge >= 0.3 is 0 Å². The number of para-hydroxylation sites is 2. The van der Waals surface area contributed by atoms with Crippen molar-refractivity contribution in [3.8, 4) is 11.5 Å². The van der Waals surface area contributed by atoms with Gasteiger partial charge in [0.1, 0.15) is 16.4 Å². The molecule has 1 N–H and O–H groups in total. The summed E-state index contributed by atoms with van der Waals surface area (Å²) in [4.78, 5) is 28.4. The van der Waals surface area contributed by atoms with E-state index < -0.39 is 22.0 Å². The van der Waals surface area contributed by atoms with E-state index in [-0.39, 0.29) is 47.1 Å². The normalized spacial score (nSPS) is 17.9. The number of carbonyl (C=O) groups is 2. The van der Waals surface area contributed by atoms with Gasteiger partial charge in [0, 0.05) is 30.6 Å². The Balaban J connectivity index is 1.28. The van der Waals surface area contributed by atoms with Crippen molar-refractivity contribution in [1.29, 1.82) is 0 Å². The topological polar surface area (TPSA) is 105 Å². The Morgan fingerprint density at radius 2 is 1.73 bits per heavy atom. The number of ether oxygens (including phenoxy) is 2. The van der Waals surface area contributed by atoms with E-state index in [0.29, 0.717) is 30.8 Å². The minimum absolute atomic E-state index is 0.00117. The summed E-state index contributed by atoms with van der Waals surface area (Å²) < 4.78 is 39.3. The first kappa shape index (κ1) is 27.9. The predicted octanol–water partition coefficient (Wildman–Crippen LogP) is 3.86. The molecule has 1 saturated heterocycles. The van der Waals surface area contributed by atoms with Gasteiger partial charge < -0.3 is 19.7 Å². The molecule has 11 heteroatoms. The molecule has 5 rings (SSSR count). The smallest absolute Gasteiger partial charge is 0.263 e. The van der Waals surface area contributed by atoms with Crippen LogP contribution in [0.15, 0.2) is 77.7 Å². The molecule has 2 aliphatic heterocycles. The second-order valence-corrected chi connectivity index (χ2v) is 12.0. The van der Waals surface area contributed by atoms with Crippen LogP contribution in [0.1, 0.15) is 18.4 Å². The average molecular weight is 584 g/mol. The van der Waals surface area contributed by atoms with Crippen molar-refractivity contribution in [1.82, 2.24) is 9.62 Å².